The van der Waals surface area contributed by atoms with Gasteiger partial charge in [-0.2, -0.15) is 0 Å². The zero-order valence-corrected chi connectivity index (χ0v) is 29.9. The van der Waals surface area contributed by atoms with Crippen LogP contribution in [0.5, 0.6) is 11.5 Å². The second kappa shape index (κ2) is 14.3. The minimum absolute atomic E-state index is 0.111. The molecule has 0 saturated heterocycles. The third-order valence-corrected chi connectivity index (χ3v) is 9.65. The summed E-state index contributed by atoms with van der Waals surface area (Å²) in [4.78, 5) is 32.9. The highest BCUT2D eigenvalue weighted by molar-refractivity contribution is 7.07. The van der Waals surface area contributed by atoms with Crippen molar-refractivity contribution in [1.29, 1.82) is 0 Å². The number of aryl methyl sites for hydroxylation is 1. The van der Waals surface area contributed by atoms with Gasteiger partial charge in [-0.1, -0.05) is 59.3 Å². The van der Waals surface area contributed by atoms with E-state index < -0.39 is 12.0 Å². The van der Waals surface area contributed by atoms with E-state index in [9.17, 15) is 9.59 Å². The average molecular weight is 696 g/mol. The van der Waals surface area contributed by atoms with Gasteiger partial charge >= 0.3 is 5.97 Å². The molecule has 1 atom stereocenters. The predicted molar refractivity (Wildman–Crippen MR) is 194 cm³/mol. The Morgan fingerprint density at radius 2 is 1.73 bits per heavy atom. The van der Waals surface area contributed by atoms with Crippen LogP contribution in [0.4, 0.5) is 0 Å². The fourth-order valence-corrected chi connectivity index (χ4v) is 7.32. The van der Waals surface area contributed by atoms with Gasteiger partial charge in [0.2, 0.25) is 0 Å². The molecule has 1 aliphatic heterocycles. The second-order valence-electron chi connectivity index (χ2n) is 12.0. The van der Waals surface area contributed by atoms with E-state index in [1.807, 2.05) is 107 Å². The van der Waals surface area contributed by atoms with Gasteiger partial charge in [0.15, 0.2) is 4.80 Å². The molecule has 0 N–H and O–H groups in total. The Kier molecular flexibility index (Phi) is 9.94. The Morgan fingerprint density at radius 1 is 1.02 bits per heavy atom. The summed E-state index contributed by atoms with van der Waals surface area (Å²) in [5, 5.41) is 0.674. The number of aromatic nitrogens is 2. The quantitative estimate of drug-likeness (QED) is 0.144. The van der Waals surface area contributed by atoms with Crippen LogP contribution in [0, 0.1) is 13.8 Å². The Bertz CT molecular complexity index is 2240. The predicted octanol–water partition coefficient (Wildman–Crippen LogP) is 7.23. The van der Waals surface area contributed by atoms with Crippen molar-refractivity contribution in [3.05, 3.63) is 143 Å². The largest absolute Gasteiger partial charge is 0.491 e. The molecule has 3 aromatic carbocycles. The molecule has 0 spiro atoms. The Morgan fingerprint density at radius 3 is 2.45 bits per heavy atom. The van der Waals surface area contributed by atoms with Gasteiger partial charge in [0.05, 0.1) is 28.5 Å². The summed E-state index contributed by atoms with van der Waals surface area (Å²) >= 11 is 7.59. The van der Waals surface area contributed by atoms with Crippen molar-refractivity contribution in [1.82, 2.24) is 9.13 Å². The highest BCUT2D eigenvalue weighted by atomic mass is 35.5. The first-order valence-electron chi connectivity index (χ1n) is 16.2. The topological polar surface area (TPSA) is 84.0 Å². The lowest BCUT2D eigenvalue weighted by Crippen LogP contribution is -2.40. The summed E-state index contributed by atoms with van der Waals surface area (Å²) in [7, 11) is 0. The molecule has 5 aromatic rings. The first-order chi connectivity index (χ1) is 23.6. The molecular formula is C39H38ClN3O5S. The smallest absolute Gasteiger partial charge is 0.338 e. The molecule has 0 bridgehead atoms. The van der Waals surface area contributed by atoms with Gasteiger partial charge in [0, 0.05) is 33.2 Å². The molecular weight excluding hydrogens is 658 g/mol. The van der Waals surface area contributed by atoms with E-state index in [1.165, 1.54) is 11.3 Å². The second-order valence-corrected chi connectivity index (χ2v) is 13.5. The number of hydrogen-bond donors (Lipinski definition) is 0. The van der Waals surface area contributed by atoms with Crippen LogP contribution in [0.1, 0.15) is 61.8 Å². The fourth-order valence-electron chi connectivity index (χ4n) is 6.09. The number of para-hydroxylation sites is 1. The Hall–Kier alpha value is -4.86. The van der Waals surface area contributed by atoms with Gasteiger partial charge in [-0.3, -0.25) is 9.36 Å². The molecule has 0 fully saturated rings. The number of halogens is 1. The zero-order valence-electron chi connectivity index (χ0n) is 28.3. The summed E-state index contributed by atoms with van der Waals surface area (Å²) in [6.45, 7) is 12.1. The van der Waals surface area contributed by atoms with Crippen molar-refractivity contribution < 1.29 is 19.0 Å². The van der Waals surface area contributed by atoms with Crippen LogP contribution in [-0.4, -0.2) is 27.8 Å². The van der Waals surface area contributed by atoms with E-state index in [1.54, 1.807) is 18.4 Å². The summed E-state index contributed by atoms with van der Waals surface area (Å²) in [6, 6.07) is 24.3. The summed E-state index contributed by atoms with van der Waals surface area (Å²) in [6.07, 6.45) is 1.79. The van der Waals surface area contributed by atoms with Crippen LogP contribution in [0.25, 0.3) is 11.8 Å². The van der Waals surface area contributed by atoms with Crippen molar-refractivity contribution in [2.45, 2.75) is 60.3 Å². The first kappa shape index (κ1) is 34.0. The molecule has 0 unspecified atom stereocenters. The van der Waals surface area contributed by atoms with Gasteiger partial charge in [0.25, 0.3) is 5.56 Å². The van der Waals surface area contributed by atoms with E-state index in [0.29, 0.717) is 43.5 Å². The van der Waals surface area contributed by atoms with E-state index in [0.717, 1.165) is 34.0 Å². The van der Waals surface area contributed by atoms with Gasteiger partial charge in [0.1, 0.15) is 24.1 Å². The fraction of sp³-hybridized carbons (Fsp3) is 0.256. The normalized spacial score (nSPS) is 14.5. The standard InChI is InChI=1S/C39H38ClN3O5S/c1-7-46-38(45)35-25(5)41-39-43(36(35)31-13-9-11-15-33(31)48-23(2)3)37(44)34(49-39)21-28-20-24(4)42(26(28)6)29-16-18-30(19-17-29)47-22-27-12-8-10-14-32(27)40/h8-21,23,36H,7,22H2,1-6H3/b34-21-/t36-/m1/s1. The van der Waals surface area contributed by atoms with Gasteiger partial charge in [-0.25, -0.2) is 9.79 Å². The Labute approximate surface area is 294 Å². The van der Waals surface area contributed by atoms with E-state index in [-0.39, 0.29) is 18.3 Å². The number of rotatable bonds is 10. The molecule has 0 amide bonds. The van der Waals surface area contributed by atoms with E-state index >= 15 is 0 Å². The summed E-state index contributed by atoms with van der Waals surface area (Å²) in [5.41, 5.74) is 6.06. The molecule has 8 nitrogen and oxygen atoms in total. The molecule has 0 aliphatic carbocycles. The number of hydrogen-bond acceptors (Lipinski definition) is 7. The number of ether oxygens (including phenoxy) is 3. The third kappa shape index (κ3) is 6.86. The molecule has 2 aromatic heterocycles. The van der Waals surface area contributed by atoms with Crippen LogP contribution >= 0.6 is 22.9 Å². The van der Waals surface area contributed by atoms with Crippen molar-refractivity contribution in [2.24, 2.45) is 4.99 Å². The van der Waals surface area contributed by atoms with Gasteiger partial charge in [-0.15, -0.1) is 0 Å². The lowest BCUT2D eigenvalue weighted by molar-refractivity contribution is -0.139. The van der Waals surface area contributed by atoms with Gasteiger partial charge in [-0.05, 0) is 95.6 Å². The average Bonchev–Trinajstić information content (AvgIpc) is 3.53. The van der Waals surface area contributed by atoms with Crippen LogP contribution in [-0.2, 0) is 16.1 Å². The monoisotopic (exact) mass is 695 g/mol. The van der Waals surface area contributed by atoms with Crippen molar-refractivity contribution in [3.8, 4) is 17.2 Å². The molecule has 0 radical (unpaired) electrons. The van der Waals surface area contributed by atoms with Gasteiger partial charge < -0.3 is 18.8 Å². The van der Waals surface area contributed by atoms with Crippen LogP contribution in [0.15, 0.2) is 99.9 Å². The molecule has 49 heavy (non-hydrogen) atoms. The lowest BCUT2D eigenvalue weighted by atomic mass is 9.95. The summed E-state index contributed by atoms with van der Waals surface area (Å²) in [5.74, 6) is 0.823. The van der Waals surface area contributed by atoms with Crippen molar-refractivity contribution >= 4 is 35.0 Å². The van der Waals surface area contributed by atoms with Crippen molar-refractivity contribution in [3.63, 3.8) is 0 Å². The number of allylic oxidation sites excluding steroid dienone is 1. The lowest BCUT2D eigenvalue weighted by Gasteiger charge is -2.26. The maximum atomic E-state index is 14.3. The third-order valence-electron chi connectivity index (χ3n) is 8.30. The molecule has 252 valence electrons. The van der Waals surface area contributed by atoms with E-state index in [2.05, 4.69) is 10.6 Å². The number of nitrogens with zero attached hydrogens (tertiary/aromatic N) is 3. The SMILES string of the molecule is CCOC(=O)C1=C(C)N=c2s/c(=C\c3cc(C)n(-c4ccc(OCc5ccccc5Cl)cc4)c3C)c(=O)n2[C@@H]1c1ccccc1OC(C)C. The number of benzene rings is 3. The minimum Gasteiger partial charge on any atom is -0.491 e. The molecule has 1 aliphatic rings. The highest BCUT2D eigenvalue weighted by Gasteiger charge is 2.35. The van der Waals surface area contributed by atoms with Crippen LogP contribution in [0.3, 0.4) is 0 Å². The first-order valence-corrected chi connectivity index (χ1v) is 17.4. The van der Waals surface area contributed by atoms with Crippen LogP contribution in [0.2, 0.25) is 5.02 Å². The number of carbonyl (C=O) groups excluding carboxylic acids is 1. The molecule has 6 rings (SSSR count). The van der Waals surface area contributed by atoms with Crippen LogP contribution < -0.4 is 24.4 Å². The number of esters is 1. The van der Waals surface area contributed by atoms with E-state index in [4.69, 9.17) is 30.8 Å². The maximum Gasteiger partial charge on any atom is 0.338 e. The zero-order chi connectivity index (χ0) is 34.8. The minimum atomic E-state index is -0.765. The number of fused-ring (bicyclic) bond motifs is 1. The number of carbonyl (C=O) groups is 1. The number of thiazole rings is 1. The Balaban J connectivity index is 1.38. The highest BCUT2D eigenvalue weighted by Crippen LogP contribution is 2.36. The van der Waals surface area contributed by atoms with Crippen molar-refractivity contribution in [2.75, 3.05) is 6.61 Å². The summed E-state index contributed by atoms with van der Waals surface area (Å²) < 4.78 is 21.9. The molecule has 3 heterocycles. The maximum absolute atomic E-state index is 14.3. The molecule has 0 saturated carbocycles. The molecule has 10 heteroatoms.